The summed E-state index contributed by atoms with van der Waals surface area (Å²) in [5, 5.41) is 2.97. The van der Waals surface area contributed by atoms with Crippen LogP contribution in [0.25, 0.3) is 0 Å². The maximum atomic E-state index is 11.7. The lowest BCUT2D eigenvalue weighted by Crippen LogP contribution is -2.21. The predicted molar refractivity (Wildman–Crippen MR) is 39.6 cm³/mol. The van der Waals surface area contributed by atoms with Crippen molar-refractivity contribution in [2.75, 3.05) is 12.3 Å². The highest BCUT2D eigenvalue weighted by atomic mass is 32.2. The topological polar surface area (TPSA) is 29.1 Å². The Hall–Kier alpha value is -0.650. The number of hydrogen-bond donors (Lipinski definition) is 1. The summed E-state index contributed by atoms with van der Waals surface area (Å²) >= 11 is 1.22. The van der Waals surface area contributed by atoms with Crippen molar-refractivity contribution in [3.63, 3.8) is 0 Å². The maximum absolute atomic E-state index is 11.7. The van der Waals surface area contributed by atoms with Crippen molar-refractivity contribution >= 4 is 17.5 Å². The monoisotopic (exact) mass is 197 g/mol. The molecule has 1 saturated heterocycles. The van der Waals surface area contributed by atoms with E-state index >= 15 is 0 Å². The molecule has 0 amide bonds. The third kappa shape index (κ3) is 2.44. The molecule has 0 aliphatic carbocycles. The average molecular weight is 197 g/mol. The van der Waals surface area contributed by atoms with Crippen LogP contribution in [0, 0.1) is 0 Å². The largest absolute Gasteiger partial charge is 0.454 e. The zero-order chi connectivity index (χ0) is 9.19. The van der Waals surface area contributed by atoms with Gasteiger partial charge < -0.3 is 5.32 Å². The molecule has 1 fully saturated rings. The Morgan fingerprint density at radius 3 is 2.67 bits per heavy atom. The Bertz CT molecular complexity index is 215. The predicted octanol–water partition coefficient (Wildman–Crippen LogP) is 1.30. The summed E-state index contributed by atoms with van der Waals surface area (Å²) in [4.78, 5) is 10.4. The number of alkyl halides is 3. The molecule has 68 valence electrons. The van der Waals surface area contributed by atoms with Gasteiger partial charge in [0, 0.05) is 18.4 Å². The molecule has 0 aromatic heterocycles. The summed E-state index contributed by atoms with van der Waals surface area (Å²) in [5.74, 6) is -1.10. The Balaban J connectivity index is 2.60. The zero-order valence-corrected chi connectivity index (χ0v) is 6.76. The van der Waals surface area contributed by atoms with Crippen LogP contribution in [0.15, 0.2) is 11.1 Å². The molecule has 0 aromatic carbocycles. The first-order chi connectivity index (χ1) is 5.50. The van der Waals surface area contributed by atoms with Crippen molar-refractivity contribution in [1.29, 1.82) is 0 Å². The minimum Gasteiger partial charge on any atom is -0.379 e. The molecule has 6 heteroatoms. The van der Waals surface area contributed by atoms with E-state index in [4.69, 9.17) is 0 Å². The highest BCUT2D eigenvalue weighted by Crippen LogP contribution is 2.22. The number of thioether (sulfide) groups is 1. The van der Waals surface area contributed by atoms with Gasteiger partial charge in [-0.3, -0.25) is 4.79 Å². The Morgan fingerprint density at radius 1 is 1.58 bits per heavy atom. The standard InChI is InChI=1S/C6H6F3NOS/c7-6(8,9)4(11)3-5-10-1-2-12-5/h3,10H,1-2H2/b5-3+. The van der Waals surface area contributed by atoms with E-state index in [1.807, 2.05) is 0 Å². The number of carbonyl (C=O) groups excluding carboxylic acids is 1. The van der Waals surface area contributed by atoms with Crippen molar-refractivity contribution in [1.82, 2.24) is 5.32 Å². The second-order valence-corrected chi connectivity index (χ2v) is 3.28. The van der Waals surface area contributed by atoms with Crippen molar-refractivity contribution in [3.05, 3.63) is 11.1 Å². The lowest BCUT2D eigenvalue weighted by molar-refractivity contribution is -0.165. The maximum Gasteiger partial charge on any atom is 0.454 e. The third-order valence-electron chi connectivity index (χ3n) is 1.20. The molecule has 12 heavy (non-hydrogen) atoms. The fourth-order valence-electron chi connectivity index (χ4n) is 0.680. The van der Waals surface area contributed by atoms with Crippen LogP contribution in [0.4, 0.5) is 13.2 Å². The van der Waals surface area contributed by atoms with E-state index in [1.165, 1.54) is 11.8 Å². The van der Waals surface area contributed by atoms with Gasteiger partial charge in [0.25, 0.3) is 5.78 Å². The first-order valence-corrected chi connectivity index (χ1v) is 4.18. The van der Waals surface area contributed by atoms with Crippen LogP contribution in [0.1, 0.15) is 0 Å². The van der Waals surface area contributed by atoms with Crippen LogP contribution in [0.5, 0.6) is 0 Å². The molecule has 1 rings (SSSR count). The molecule has 2 nitrogen and oxygen atoms in total. The number of hydrogen-bond acceptors (Lipinski definition) is 3. The fraction of sp³-hybridized carbons (Fsp3) is 0.500. The summed E-state index contributed by atoms with van der Waals surface area (Å²) < 4.78 is 35.0. The molecule has 0 radical (unpaired) electrons. The SMILES string of the molecule is O=C(/C=C1\NCCS1)C(F)(F)F. The Labute approximate surface area is 71.2 Å². The molecule has 1 N–H and O–H groups in total. The minimum atomic E-state index is -4.75. The minimum absolute atomic E-state index is 0.303. The number of rotatable bonds is 1. The summed E-state index contributed by atoms with van der Waals surface area (Å²) in [6.45, 7) is 0.613. The Kier molecular flexibility index (Phi) is 2.66. The van der Waals surface area contributed by atoms with Crippen LogP contribution >= 0.6 is 11.8 Å². The molecule has 0 saturated carbocycles. The first kappa shape index (κ1) is 9.44. The Morgan fingerprint density at radius 2 is 2.25 bits per heavy atom. The molecule has 1 aliphatic rings. The van der Waals surface area contributed by atoms with E-state index in [0.717, 1.165) is 0 Å². The van der Waals surface area contributed by atoms with Crippen molar-refractivity contribution < 1.29 is 18.0 Å². The van der Waals surface area contributed by atoms with Crippen molar-refractivity contribution in [2.45, 2.75) is 6.18 Å². The van der Waals surface area contributed by atoms with E-state index < -0.39 is 12.0 Å². The number of nitrogens with one attached hydrogen (secondary N) is 1. The van der Waals surface area contributed by atoms with Crippen LogP contribution in [0.3, 0.4) is 0 Å². The summed E-state index contributed by atoms with van der Waals surface area (Å²) in [6, 6.07) is 0. The summed E-state index contributed by atoms with van der Waals surface area (Å²) in [5.41, 5.74) is 0. The molecule has 0 bridgehead atoms. The van der Waals surface area contributed by atoms with Crippen molar-refractivity contribution in [3.8, 4) is 0 Å². The molecule has 0 aromatic rings. The van der Waals surface area contributed by atoms with E-state index in [2.05, 4.69) is 5.32 Å². The van der Waals surface area contributed by atoms with E-state index in [-0.39, 0.29) is 0 Å². The van der Waals surface area contributed by atoms with Crippen LogP contribution < -0.4 is 5.32 Å². The lowest BCUT2D eigenvalue weighted by Gasteiger charge is -2.01. The van der Waals surface area contributed by atoms with E-state index in [1.54, 1.807) is 0 Å². The van der Waals surface area contributed by atoms with Gasteiger partial charge in [0.1, 0.15) is 0 Å². The second kappa shape index (κ2) is 3.38. The van der Waals surface area contributed by atoms with Gasteiger partial charge in [-0.1, -0.05) is 0 Å². The van der Waals surface area contributed by atoms with Gasteiger partial charge in [-0.15, -0.1) is 11.8 Å². The summed E-state index contributed by atoms with van der Waals surface area (Å²) in [7, 11) is 0. The van der Waals surface area contributed by atoms with Crippen molar-refractivity contribution in [2.24, 2.45) is 0 Å². The lowest BCUT2D eigenvalue weighted by atomic mass is 10.4. The van der Waals surface area contributed by atoms with Gasteiger partial charge in [0.05, 0.1) is 5.03 Å². The number of allylic oxidation sites excluding steroid dienone is 1. The van der Waals surface area contributed by atoms with Gasteiger partial charge >= 0.3 is 6.18 Å². The molecular weight excluding hydrogens is 191 g/mol. The van der Waals surface area contributed by atoms with Crippen LogP contribution in [-0.2, 0) is 4.79 Å². The van der Waals surface area contributed by atoms with E-state index in [9.17, 15) is 18.0 Å². The molecule has 0 unspecified atom stereocenters. The number of halogens is 3. The molecular formula is C6H6F3NOS. The smallest absolute Gasteiger partial charge is 0.379 e. The van der Waals surface area contributed by atoms with Crippen LogP contribution in [-0.4, -0.2) is 24.3 Å². The molecule has 1 heterocycles. The highest BCUT2D eigenvalue weighted by molar-refractivity contribution is 8.03. The van der Waals surface area contributed by atoms with Gasteiger partial charge in [0.15, 0.2) is 0 Å². The quantitative estimate of drug-likeness (QED) is 0.642. The van der Waals surface area contributed by atoms with Gasteiger partial charge in [0.2, 0.25) is 0 Å². The number of ketones is 1. The molecule has 0 atom stereocenters. The zero-order valence-electron chi connectivity index (χ0n) is 5.94. The second-order valence-electron chi connectivity index (χ2n) is 2.15. The molecule has 1 aliphatic heterocycles. The highest BCUT2D eigenvalue weighted by Gasteiger charge is 2.37. The normalized spacial score (nSPS) is 21.1. The molecule has 0 spiro atoms. The van der Waals surface area contributed by atoms with E-state index in [0.29, 0.717) is 23.4 Å². The fourth-order valence-corrected chi connectivity index (χ4v) is 1.50. The number of carbonyl (C=O) groups is 1. The third-order valence-corrected chi connectivity index (χ3v) is 2.18. The van der Waals surface area contributed by atoms with Crippen LogP contribution in [0.2, 0.25) is 0 Å². The van der Waals surface area contributed by atoms with Gasteiger partial charge in [-0.2, -0.15) is 13.2 Å². The summed E-state index contributed by atoms with van der Waals surface area (Å²) in [6.07, 6.45) is -4.16. The van der Waals surface area contributed by atoms with Gasteiger partial charge in [-0.25, -0.2) is 0 Å². The average Bonchev–Trinajstić information content (AvgIpc) is 2.37. The first-order valence-electron chi connectivity index (χ1n) is 3.19. The van der Waals surface area contributed by atoms with Gasteiger partial charge in [-0.05, 0) is 0 Å².